The second-order valence-corrected chi connectivity index (χ2v) is 5.13. The first-order chi connectivity index (χ1) is 8.30. The molecule has 1 heterocycles. The molecular weight excluding hydrogens is 230 g/mol. The molecule has 1 rings (SSSR count). The molecule has 0 saturated heterocycles. The van der Waals surface area contributed by atoms with Crippen LogP contribution in [0.5, 0.6) is 0 Å². The van der Waals surface area contributed by atoms with Gasteiger partial charge < -0.3 is 10.2 Å². The fourth-order valence-corrected chi connectivity index (χ4v) is 2.52. The fourth-order valence-electron chi connectivity index (χ4n) is 1.73. The van der Waals surface area contributed by atoms with Gasteiger partial charge in [-0.3, -0.25) is 0 Å². The van der Waals surface area contributed by atoms with E-state index in [2.05, 4.69) is 41.4 Å². The maximum Gasteiger partial charge on any atom is 0.0941 e. The van der Waals surface area contributed by atoms with E-state index in [1.165, 1.54) is 17.1 Å². The van der Waals surface area contributed by atoms with Crippen LogP contribution in [-0.2, 0) is 13.0 Å². The van der Waals surface area contributed by atoms with Gasteiger partial charge in [-0.1, -0.05) is 20.8 Å². The SMILES string of the molecule is CCCNCc1csc(CCN(CC)CC)n1. The van der Waals surface area contributed by atoms with Gasteiger partial charge in [0.25, 0.3) is 0 Å². The summed E-state index contributed by atoms with van der Waals surface area (Å²) < 4.78 is 0. The second-order valence-electron chi connectivity index (χ2n) is 4.19. The third-order valence-electron chi connectivity index (χ3n) is 2.87. The van der Waals surface area contributed by atoms with Crippen molar-refractivity contribution in [2.24, 2.45) is 0 Å². The first kappa shape index (κ1) is 14.6. The van der Waals surface area contributed by atoms with E-state index >= 15 is 0 Å². The largest absolute Gasteiger partial charge is 0.311 e. The summed E-state index contributed by atoms with van der Waals surface area (Å²) in [5, 5.41) is 6.84. The van der Waals surface area contributed by atoms with Crippen LogP contribution < -0.4 is 5.32 Å². The van der Waals surface area contributed by atoms with Crippen LogP contribution in [0.4, 0.5) is 0 Å². The second kappa shape index (κ2) is 8.61. The minimum atomic E-state index is 0.912. The van der Waals surface area contributed by atoms with Crippen molar-refractivity contribution in [1.29, 1.82) is 0 Å². The molecule has 98 valence electrons. The van der Waals surface area contributed by atoms with Crippen molar-refractivity contribution in [3.05, 3.63) is 16.1 Å². The van der Waals surface area contributed by atoms with Crippen LogP contribution in [0.2, 0.25) is 0 Å². The molecule has 0 atom stereocenters. The van der Waals surface area contributed by atoms with Gasteiger partial charge in [-0.05, 0) is 26.1 Å². The normalized spacial score (nSPS) is 11.3. The van der Waals surface area contributed by atoms with Gasteiger partial charge in [0.15, 0.2) is 0 Å². The van der Waals surface area contributed by atoms with Crippen molar-refractivity contribution in [3.63, 3.8) is 0 Å². The molecule has 0 aromatic carbocycles. The van der Waals surface area contributed by atoms with Gasteiger partial charge in [0.2, 0.25) is 0 Å². The maximum absolute atomic E-state index is 4.65. The highest BCUT2D eigenvalue weighted by Crippen LogP contribution is 2.10. The highest BCUT2D eigenvalue weighted by Gasteiger charge is 2.04. The first-order valence-corrected chi connectivity index (χ1v) is 7.54. The summed E-state index contributed by atoms with van der Waals surface area (Å²) in [5.41, 5.74) is 1.19. The summed E-state index contributed by atoms with van der Waals surface area (Å²) in [4.78, 5) is 7.09. The summed E-state index contributed by atoms with van der Waals surface area (Å²) >= 11 is 1.79. The average molecular weight is 255 g/mol. The van der Waals surface area contributed by atoms with E-state index in [0.717, 1.165) is 39.1 Å². The fraction of sp³-hybridized carbons (Fsp3) is 0.769. The molecule has 0 amide bonds. The lowest BCUT2D eigenvalue weighted by Gasteiger charge is -2.16. The summed E-state index contributed by atoms with van der Waals surface area (Å²) in [6.45, 7) is 12.0. The Morgan fingerprint density at radius 1 is 1.29 bits per heavy atom. The molecule has 0 aliphatic carbocycles. The van der Waals surface area contributed by atoms with Crippen LogP contribution in [0, 0.1) is 0 Å². The van der Waals surface area contributed by atoms with Crippen molar-refractivity contribution in [2.45, 2.75) is 40.2 Å². The van der Waals surface area contributed by atoms with Crippen LogP contribution in [0.1, 0.15) is 37.9 Å². The third-order valence-corrected chi connectivity index (χ3v) is 3.83. The Morgan fingerprint density at radius 3 is 2.71 bits per heavy atom. The summed E-state index contributed by atoms with van der Waals surface area (Å²) in [5.74, 6) is 0. The molecule has 0 aliphatic rings. The number of hydrogen-bond donors (Lipinski definition) is 1. The Labute approximate surface area is 109 Å². The molecule has 3 nitrogen and oxygen atoms in total. The number of nitrogens with zero attached hydrogens (tertiary/aromatic N) is 2. The Morgan fingerprint density at radius 2 is 2.06 bits per heavy atom. The lowest BCUT2D eigenvalue weighted by Crippen LogP contribution is -2.25. The number of hydrogen-bond acceptors (Lipinski definition) is 4. The van der Waals surface area contributed by atoms with E-state index in [1.54, 1.807) is 11.3 Å². The lowest BCUT2D eigenvalue weighted by atomic mass is 10.4. The van der Waals surface area contributed by atoms with Crippen molar-refractivity contribution in [1.82, 2.24) is 15.2 Å². The molecule has 0 spiro atoms. The van der Waals surface area contributed by atoms with Crippen LogP contribution in [-0.4, -0.2) is 36.1 Å². The van der Waals surface area contributed by atoms with Gasteiger partial charge in [0.05, 0.1) is 10.7 Å². The van der Waals surface area contributed by atoms with Crippen LogP contribution >= 0.6 is 11.3 Å². The zero-order valence-electron chi connectivity index (χ0n) is 11.3. The number of aromatic nitrogens is 1. The Kier molecular flexibility index (Phi) is 7.40. The van der Waals surface area contributed by atoms with Crippen molar-refractivity contribution in [2.75, 3.05) is 26.2 Å². The Bertz CT molecular complexity index is 295. The van der Waals surface area contributed by atoms with Gasteiger partial charge in [0.1, 0.15) is 0 Å². The molecule has 0 saturated carbocycles. The Balaban J connectivity index is 2.30. The predicted molar refractivity (Wildman–Crippen MR) is 75.6 cm³/mol. The molecule has 1 aromatic heterocycles. The standard InChI is InChI=1S/C13H25N3S/c1-4-8-14-10-12-11-17-13(15-12)7-9-16(5-2)6-3/h11,14H,4-10H2,1-3H3. The van der Waals surface area contributed by atoms with E-state index < -0.39 is 0 Å². The minimum absolute atomic E-state index is 0.912. The van der Waals surface area contributed by atoms with Gasteiger partial charge in [-0.2, -0.15) is 0 Å². The molecule has 0 aliphatic heterocycles. The molecule has 0 fully saturated rings. The molecule has 4 heteroatoms. The number of rotatable bonds is 9. The summed E-state index contributed by atoms with van der Waals surface area (Å²) in [6, 6.07) is 0. The molecule has 0 unspecified atom stereocenters. The van der Waals surface area contributed by atoms with Crippen LogP contribution in [0.15, 0.2) is 5.38 Å². The molecule has 0 radical (unpaired) electrons. The van der Waals surface area contributed by atoms with E-state index in [9.17, 15) is 0 Å². The van der Waals surface area contributed by atoms with Gasteiger partial charge >= 0.3 is 0 Å². The maximum atomic E-state index is 4.65. The summed E-state index contributed by atoms with van der Waals surface area (Å²) in [6.07, 6.45) is 2.26. The van der Waals surface area contributed by atoms with Crippen molar-refractivity contribution < 1.29 is 0 Å². The van der Waals surface area contributed by atoms with Gasteiger partial charge in [-0.15, -0.1) is 11.3 Å². The first-order valence-electron chi connectivity index (χ1n) is 6.66. The highest BCUT2D eigenvalue weighted by molar-refractivity contribution is 7.09. The number of nitrogens with one attached hydrogen (secondary N) is 1. The minimum Gasteiger partial charge on any atom is -0.311 e. The van der Waals surface area contributed by atoms with E-state index in [1.807, 2.05) is 0 Å². The monoisotopic (exact) mass is 255 g/mol. The van der Waals surface area contributed by atoms with E-state index in [0.29, 0.717) is 0 Å². The van der Waals surface area contributed by atoms with Gasteiger partial charge in [0, 0.05) is 24.9 Å². The van der Waals surface area contributed by atoms with Crippen molar-refractivity contribution in [3.8, 4) is 0 Å². The van der Waals surface area contributed by atoms with E-state index in [4.69, 9.17) is 0 Å². The smallest absolute Gasteiger partial charge is 0.0941 e. The molecule has 0 bridgehead atoms. The highest BCUT2D eigenvalue weighted by atomic mass is 32.1. The number of likely N-dealkylation sites (N-methyl/N-ethyl adjacent to an activating group) is 1. The lowest BCUT2D eigenvalue weighted by molar-refractivity contribution is 0.308. The molecule has 1 N–H and O–H groups in total. The summed E-state index contributed by atoms with van der Waals surface area (Å²) in [7, 11) is 0. The topological polar surface area (TPSA) is 28.2 Å². The van der Waals surface area contributed by atoms with E-state index in [-0.39, 0.29) is 0 Å². The number of thiazole rings is 1. The predicted octanol–water partition coefficient (Wildman–Crippen LogP) is 2.53. The van der Waals surface area contributed by atoms with Gasteiger partial charge in [-0.25, -0.2) is 4.98 Å². The zero-order chi connectivity index (χ0) is 12.5. The molecule has 17 heavy (non-hydrogen) atoms. The van der Waals surface area contributed by atoms with Crippen LogP contribution in [0.25, 0.3) is 0 Å². The third kappa shape index (κ3) is 5.61. The quantitative estimate of drug-likeness (QED) is 0.687. The van der Waals surface area contributed by atoms with Crippen LogP contribution in [0.3, 0.4) is 0 Å². The molecular formula is C13H25N3S. The molecule has 1 aromatic rings. The Hall–Kier alpha value is -0.450. The average Bonchev–Trinajstić information content (AvgIpc) is 2.79. The van der Waals surface area contributed by atoms with Crippen molar-refractivity contribution >= 4 is 11.3 Å². The zero-order valence-corrected chi connectivity index (χ0v) is 12.1.